The number of carbonyl (C=O) groups excluding carboxylic acids is 2. The summed E-state index contributed by atoms with van der Waals surface area (Å²) in [4.78, 5) is 45.5. The third-order valence-corrected chi connectivity index (χ3v) is 15.4. The van der Waals surface area contributed by atoms with Crippen molar-refractivity contribution < 1.29 is 19.1 Å². The molecule has 2 amide bonds. The number of aromatic amines is 1. The predicted octanol–water partition coefficient (Wildman–Crippen LogP) is 14.3. The molecule has 6 aromatic carbocycles. The van der Waals surface area contributed by atoms with Gasteiger partial charge in [-0.15, -0.1) is 0 Å². The molecule has 14 heteroatoms. The number of nitrogens with zero attached hydrogens (tertiary/aromatic N) is 5. The van der Waals surface area contributed by atoms with Crippen molar-refractivity contribution in [2.24, 2.45) is 7.05 Å². The Hall–Kier alpha value is -8.62. The van der Waals surface area contributed by atoms with Gasteiger partial charge in [0, 0.05) is 95.7 Å². The van der Waals surface area contributed by atoms with Gasteiger partial charge in [-0.1, -0.05) is 59.7 Å². The highest BCUT2D eigenvalue weighted by molar-refractivity contribution is 6.32. The maximum Gasteiger partial charge on any atom is 0.256 e. The second-order valence-electron chi connectivity index (χ2n) is 20.4. The van der Waals surface area contributed by atoms with Crippen molar-refractivity contribution in [2.45, 2.75) is 38.5 Å². The average molecular weight is 1110 g/mol. The molecule has 2 saturated heterocycles. The minimum atomic E-state index is -0.227. The third-order valence-electron chi connectivity index (χ3n) is 14.9. The molecule has 2 fully saturated rings. The van der Waals surface area contributed by atoms with Gasteiger partial charge in [-0.25, -0.2) is 9.97 Å². The number of ether oxygens (including phenoxy) is 2. The number of hydrogen-bond donors (Lipinski definition) is 3. The molecule has 406 valence electrons. The minimum Gasteiger partial charge on any atom is -0.497 e. The van der Waals surface area contributed by atoms with Crippen molar-refractivity contribution in [1.29, 1.82) is 0 Å². The smallest absolute Gasteiger partial charge is 0.256 e. The first-order valence-electron chi connectivity index (χ1n) is 27.3. The summed E-state index contributed by atoms with van der Waals surface area (Å²) < 4.78 is 12.6. The lowest BCUT2D eigenvalue weighted by Gasteiger charge is -2.23. The minimum absolute atomic E-state index is 0.222. The van der Waals surface area contributed by atoms with E-state index in [1.54, 1.807) is 14.2 Å². The van der Waals surface area contributed by atoms with Crippen molar-refractivity contribution in [3.05, 3.63) is 178 Å². The fourth-order valence-electron chi connectivity index (χ4n) is 10.6. The number of nitrogens with one attached hydrogen (secondary N) is 3. The fraction of sp³-hybridized carbons (Fsp3) is 0.224. The summed E-state index contributed by atoms with van der Waals surface area (Å²) in [7, 11) is 5.22. The molecule has 0 aliphatic carbocycles. The van der Waals surface area contributed by atoms with E-state index in [2.05, 4.69) is 49.1 Å². The number of halogens is 2. The summed E-state index contributed by atoms with van der Waals surface area (Å²) in [6.45, 7) is 5.93. The van der Waals surface area contributed by atoms with Crippen molar-refractivity contribution in [2.75, 3.05) is 64.1 Å². The van der Waals surface area contributed by atoms with E-state index in [0.29, 0.717) is 43.9 Å². The van der Waals surface area contributed by atoms with Crippen LogP contribution in [0.4, 0.5) is 11.4 Å². The van der Waals surface area contributed by atoms with Gasteiger partial charge in [-0.3, -0.25) is 19.4 Å². The second-order valence-corrected chi connectivity index (χ2v) is 21.3. The molecule has 2 aliphatic rings. The van der Waals surface area contributed by atoms with E-state index in [1.807, 2.05) is 157 Å². The maximum atomic E-state index is 13.8. The molecule has 3 N–H and O–H groups in total. The van der Waals surface area contributed by atoms with Crippen LogP contribution in [0.3, 0.4) is 0 Å². The number of H-pyrrole nitrogens is 1. The van der Waals surface area contributed by atoms with Crippen LogP contribution in [0.25, 0.3) is 66.1 Å². The number of anilines is 2. The van der Waals surface area contributed by atoms with Gasteiger partial charge in [0.1, 0.15) is 11.5 Å². The highest BCUT2D eigenvalue weighted by Crippen LogP contribution is 2.36. The first kappa shape index (κ1) is 54.3. The molecule has 0 radical (unpaired) electrons. The predicted molar refractivity (Wildman–Crippen MR) is 329 cm³/mol. The maximum absolute atomic E-state index is 13.8. The molecule has 10 aromatic rings. The number of aromatic nitrogens is 4. The molecular formula is C67H60Cl2N8O4. The van der Waals surface area contributed by atoms with E-state index in [0.717, 1.165) is 117 Å². The van der Waals surface area contributed by atoms with Gasteiger partial charge in [-0.05, 0) is 185 Å². The van der Waals surface area contributed by atoms with Crippen LogP contribution >= 0.6 is 23.2 Å². The number of benzene rings is 6. The fourth-order valence-corrected chi connectivity index (χ4v) is 11.0. The zero-order chi connectivity index (χ0) is 55.8. The summed E-state index contributed by atoms with van der Waals surface area (Å²) in [6.07, 6.45) is 11.5. The summed E-state index contributed by atoms with van der Waals surface area (Å²) in [6, 6.07) is 41.6. The zero-order valence-corrected chi connectivity index (χ0v) is 47.0. The molecule has 0 bridgehead atoms. The molecule has 0 saturated carbocycles. The lowest BCUT2D eigenvalue weighted by atomic mass is 10.0. The first-order chi connectivity index (χ1) is 39.5. The van der Waals surface area contributed by atoms with Gasteiger partial charge >= 0.3 is 0 Å². The molecule has 12 nitrogen and oxygen atoms in total. The van der Waals surface area contributed by atoms with Gasteiger partial charge in [0.15, 0.2) is 0 Å². The van der Waals surface area contributed by atoms with E-state index < -0.39 is 0 Å². The number of piperidine rings is 2. The number of likely N-dealkylation sites (tertiary alicyclic amines) is 2. The van der Waals surface area contributed by atoms with Crippen LogP contribution in [0.1, 0.15) is 70.4 Å². The van der Waals surface area contributed by atoms with Gasteiger partial charge in [-0.2, -0.15) is 0 Å². The molecule has 81 heavy (non-hydrogen) atoms. The molecular weight excluding hydrogens is 1050 g/mol. The Balaban J connectivity index is 0.000000170. The van der Waals surface area contributed by atoms with Crippen LogP contribution in [0.5, 0.6) is 11.5 Å². The van der Waals surface area contributed by atoms with Crippen molar-refractivity contribution in [3.8, 4) is 57.7 Å². The Morgan fingerprint density at radius 2 is 1.04 bits per heavy atom. The Kier molecular flexibility index (Phi) is 16.6. The highest BCUT2D eigenvalue weighted by Gasteiger charge is 2.20. The summed E-state index contributed by atoms with van der Waals surface area (Å²) in [5.74, 6) is 14.3. The van der Waals surface area contributed by atoms with Crippen molar-refractivity contribution in [3.63, 3.8) is 0 Å². The van der Waals surface area contributed by atoms with E-state index in [4.69, 9.17) is 42.6 Å². The Morgan fingerprint density at radius 1 is 0.556 bits per heavy atom. The number of methoxy groups -OCH3 is 2. The summed E-state index contributed by atoms with van der Waals surface area (Å²) in [5.41, 5.74) is 10.7. The van der Waals surface area contributed by atoms with Crippen LogP contribution in [0.15, 0.2) is 146 Å². The van der Waals surface area contributed by atoms with E-state index >= 15 is 0 Å². The largest absolute Gasteiger partial charge is 0.497 e. The molecule has 6 heterocycles. The number of carbonyl (C=O) groups is 2. The van der Waals surface area contributed by atoms with Gasteiger partial charge in [0.05, 0.1) is 60.9 Å². The second kappa shape index (κ2) is 24.8. The lowest BCUT2D eigenvalue weighted by Crippen LogP contribution is -2.29. The Labute approximate surface area is 481 Å². The van der Waals surface area contributed by atoms with Gasteiger partial charge in [0.2, 0.25) is 0 Å². The molecule has 0 atom stereocenters. The van der Waals surface area contributed by atoms with Gasteiger partial charge < -0.3 is 29.7 Å². The molecule has 0 spiro atoms. The topological polar surface area (TPSA) is 130 Å². The number of fused-ring (bicyclic) bond motifs is 4. The van der Waals surface area contributed by atoms with Crippen LogP contribution in [-0.4, -0.2) is 94.6 Å². The third kappa shape index (κ3) is 12.7. The van der Waals surface area contributed by atoms with E-state index in [-0.39, 0.29) is 11.8 Å². The quantitative estimate of drug-likeness (QED) is 0.116. The number of hydrogen-bond acceptors (Lipinski definition) is 8. The van der Waals surface area contributed by atoms with Gasteiger partial charge in [0.25, 0.3) is 11.8 Å². The van der Waals surface area contributed by atoms with Crippen LogP contribution in [0, 0.1) is 23.7 Å². The van der Waals surface area contributed by atoms with E-state index in [1.165, 1.54) is 38.5 Å². The molecule has 2 aliphatic heterocycles. The molecule has 0 unspecified atom stereocenters. The number of pyridine rings is 2. The van der Waals surface area contributed by atoms with Crippen LogP contribution in [0.2, 0.25) is 10.0 Å². The normalized spacial score (nSPS) is 13.6. The summed E-state index contributed by atoms with van der Waals surface area (Å²) >= 11 is 12.7. The lowest BCUT2D eigenvalue weighted by molar-refractivity contribution is 0.102. The SMILES string of the molecule is COc1ccc(NC(=O)c2cc(-c3c[nH]c4ccc(Cl)cc34)nc3ccc(C#CCN4CCCCC4)cc23)cc1.COc1ccc(NC(=O)c2cc(-c3cn(C)c4ccc(Cl)cc34)nc3ccc(C#CCN4CCCCC4)cc23)cc1. The Morgan fingerprint density at radius 3 is 1.54 bits per heavy atom. The van der Waals surface area contributed by atoms with Crippen LogP contribution < -0.4 is 20.1 Å². The first-order valence-corrected chi connectivity index (χ1v) is 28.1. The number of amides is 2. The molecule has 12 rings (SSSR count). The number of aryl methyl sites for hydroxylation is 1. The van der Waals surface area contributed by atoms with Crippen LogP contribution in [-0.2, 0) is 7.05 Å². The molecule has 4 aromatic heterocycles. The Bertz CT molecular complexity index is 4100. The standard InChI is InChI=1S/C34H31ClN4O2.C33H29ClN4O2/c1-38-22-30(28-20-24(35)9-15-33(28)38)32-21-29(34(40)36-25-10-12-26(41-2)13-11-25)27-19-23(8-14-31(27)37-32)7-6-18-39-16-4-3-5-17-39;1-40-25-11-9-24(10-12-25)36-33(39)28-20-32(29-21-35-30-14-8-23(34)19-27(29)30)37-31-13-7-22(18-26(28)31)6-5-17-38-15-3-2-4-16-38/h8-15,19-22H,3-5,16-18H2,1-2H3,(H,36,40);7-14,18-21,35H,2-4,15-17H2,1H3,(H,36,39). The van der Waals surface area contributed by atoms with E-state index in [9.17, 15) is 9.59 Å². The monoisotopic (exact) mass is 1110 g/mol. The number of rotatable bonds is 10. The zero-order valence-electron chi connectivity index (χ0n) is 45.5. The van der Waals surface area contributed by atoms with Crippen molar-refractivity contribution in [1.82, 2.24) is 29.3 Å². The summed E-state index contributed by atoms with van der Waals surface area (Å²) in [5, 5.41) is 10.8. The average Bonchev–Trinajstić information content (AvgIpc) is 4.21. The van der Waals surface area contributed by atoms with Crippen molar-refractivity contribution >= 4 is 90.0 Å². The highest BCUT2D eigenvalue weighted by atomic mass is 35.5.